The van der Waals surface area contributed by atoms with Gasteiger partial charge in [-0.15, -0.1) is 22.9 Å². The topological polar surface area (TPSA) is 43.1 Å². The van der Waals surface area contributed by atoms with Crippen molar-refractivity contribution in [2.24, 2.45) is 0 Å². The molecule has 2 rings (SSSR count). The second kappa shape index (κ2) is 5.69. The molecule has 0 bridgehead atoms. The number of thiophene rings is 1. The van der Waals surface area contributed by atoms with Crippen LogP contribution in [0, 0.1) is 10.1 Å². The number of nitro benzene ring substituents is 1. The van der Waals surface area contributed by atoms with Gasteiger partial charge in [0.05, 0.1) is 14.6 Å². The van der Waals surface area contributed by atoms with Crippen LogP contribution in [0.3, 0.4) is 0 Å². The van der Waals surface area contributed by atoms with Crippen LogP contribution in [0.25, 0.3) is 0 Å². The number of rotatable bonds is 4. The van der Waals surface area contributed by atoms with E-state index in [1.165, 1.54) is 17.4 Å². The average Bonchev–Trinajstić information content (AvgIpc) is 2.76. The van der Waals surface area contributed by atoms with Crippen LogP contribution in [0.4, 0.5) is 5.69 Å². The van der Waals surface area contributed by atoms with Gasteiger partial charge in [0.15, 0.2) is 0 Å². The first-order valence-electron chi connectivity index (χ1n) is 5.19. The summed E-state index contributed by atoms with van der Waals surface area (Å²) in [6, 6.07) is 10.2. The van der Waals surface area contributed by atoms with Crippen molar-refractivity contribution in [3.63, 3.8) is 0 Å². The number of nitrogens with zero attached hydrogens (tertiary/aromatic N) is 1. The Morgan fingerprint density at radius 3 is 2.61 bits per heavy atom. The first-order valence-corrected chi connectivity index (χ1v) is 6.82. The SMILES string of the molecule is O=[N+]([O-])c1ccccc1CC(Cl)c1ccc(Cl)s1. The first kappa shape index (κ1) is 13.3. The fraction of sp³-hybridized carbons (Fsp3) is 0.167. The molecule has 0 saturated heterocycles. The van der Waals surface area contributed by atoms with Gasteiger partial charge in [0, 0.05) is 22.9 Å². The summed E-state index contributed by atoms with van der Waals surface area (Å²) in [5.41, 5.74) is 0.734. The zero-order valence-electron chi connectivity index (χ0n) is 9.18. The minimum atomic E-state index is -0.389. The van der Waals surface area contributed by atoms with E-state index in [4.69, 9.17) is 23.2 Å². The molecule has 1 unspecified atom stereocenters. The summed E-state index contributed by atoms with van der Waals surface area (Å²) in [7, 11) is 0. The van der Waals surface area contributed by atoms with Crippen LogP contribution in [0.1, 0.15) is 15.8 Å². The molecule has 0 amide bonds. The predicted octanol–water partition coefficient (Wildman–Crippen LogP) is 4.83. The molecule has 1 heterocycles. The van der Waals surface area contributed by atoms with E-state index in [0.29, 0.717) is 16.3 Å². The molecule has 0 aliphatic heterocycles. The van der Waals surface area contributed by atoms with E-state index in [1.807, 2.05) is 6.07 Å². The standard InChI is InChI=1S/C12H9Cl2NO2S/c13-9(11-5-6-12(14)18-11)7-8-3-1-2-4-10(8)15(16)17/h1-6,9H,7H2. The monoisotopic (exact) mass is 301 g/mol. The van der Waals surface area contributed by atoms with Gasteiger partial charge in [-0.3, -0.25) is 10.1 Å². The zero-order chi connectivity index (χ0) is 13.1. The van der Waals surface area contributed by atoms with Crippen molar-refractivity contribution in [3.05, 3.63) is 61.3 Å². The summed E-state index contributed by atoms with van der Waals surface area (Å²) < 4.78 is 0.665. The number of alkyl halides is 1. The van der Waals surface area contributed by atoms with Crippen LogP contribution in [0.15, 0.2) is 36.4 Å². The maximum absolute atomic E-state index is 10.9. The number of halogens is 2. The number of hydrogen-bond acceptors (Lipinski definition) is 3. The van der Waals surface area contributed by atoms with Crippen LogP contribution >= 0.6 is 34.5 Å². The van der Waals surface area contributed by atoms with Crippen LogP contribution in [-0.4, -0.2) is 4.92 Å². The van der Waals surface area contributed by atoms with Crippen molar-refractivity contribution in [2.75, 3.05) is 0 Å². The lowest BCUT2D eigenvalue weighted by molar-refractivity contribution is -0.385. The molecule has 1 atom stereocenters. The Hall–Kier alpha value is -1.10. The lowest BCUT2D eigenvalue weighted by Crippen LogP contribution is -1.99. The van der Waals surface area contributed by atoms with Gasteiger partial charge < -0.3 is 0 Å². The molecule has 0 N–H and O–H groups in total. The smallest absolute Gasteiger partial charge is 0.258 e. The summed E-state index contributed by atoms with van der Waals surface area (Å²) in [6.07, 6.45) is 0.412. The van der Waals surface area contributed by atoms with Gasteiger partial charge in [0.2, 0.25) is 0 Å². The van der Waals surface area contributed by atoms with E-state index in [1.54, 1.807) is 24.3 Å². The summed E-state index contributed by atoms with van der Waals surface area (Å²) in [4.78, 5) is 11.4. The number of hydrogen-bond donors (Lipinski definition) is 0. The highest BCUT2D eigenvalue weighted by Gasteiger charge is 2.18. The van der Waals surface area contributed by atoms with Gasteiger partial charge in [-0.2, -0.15) is 0 Å². The fourth-order valence-electron chi connectivity index (χ4n) is 1.65. The van der Waals surface area contributed by atoms with E-state index >= 15 is 0 Å². The Kier molecular flexibility index (Phi) is 4.22. The van der Waals surface area contributed by atoms with Gasteiger partial charge >= 0.3 is 0 Å². The predicted molar refractivity (Wildman–Crippen MR) is 74.7 cm³/mol. The average molecular weight is 302 g/mol. The molecule has 6 heteroatoms. The summed E-state index contributed by atoms with van der Waals surface area (Å²) in [6.45, 7) is 0. The molecule has 0 spiro atoms. The van der Waals surface area contributed by atoms with Crippen LogP contribution in [0.2, 0.25) is 4.34 Å². The Bertz CT molecular complexity index is 571. The van der Waals surface area contributed by atoms with Crippen LogP contribution in [-0.2, 0) is 6.42 Å². The largest absolute Gasteiger partial charge is 0.272 e. The van der Waals surface area contributed by atoms with Gasteiger partial charge in [-0.25, -0.2) is 0 Å². The summed E-state index contributed by atoms with van der Waals surface area (Å²) >= 11 is 13.5. The molecule has 0 radical (unpaired) electrons. The van der Waals surface area contributed by atoms with E-state index < -0.39 is 0 Å². The zero-order valence-corrected chi connectivity index (χ0v) is 11.5. The van der Waals surface area contributed by atoms with E-state index in [-0.39, 0.29) is 16.0 Å². The molecule has 2 aromatic rings. The molecule has 1 aromatic heterocycles. The fourth-order valence-corrected chi connectivity index (χ4v) is 3.06. The molecular weight excluding hydrogens is 293 g/mol. The Morgan fingerprint density at radius 2 is 2.00 bits per heavy atom. The van der Waals surface area contributed by atoms with E-state index in [9.17, 15) is 10.1 Å². The third-order valence-electron chi connectivity index (χ3n) is 2.49. The van der Waals surface area contributed by atoms with Crippen molar-refractivity contribution in [2.45, 2.75) is 11.8 Å². The number of para-hydroxylation sites is 1. The number of nitro groups is 1. The van der Waals surface area contributed by atoms with Gasteiger partial charge in [-0.05, 0) is 12.1 Å². The summed E-state index contributed by atoms with van der Waals surface area (Å²) in [5.74, 6) is 0. The lowest BCUT2D eigenvalue weighted by atomic mass is 10.1. The van der Waals surface area contributed by atoms with Crippen LogP contribution in [0.5, 0.6) is 0 Å². The molecule has 0 aliphatic carbocycles. The van der Waals surface area contributed by atoms with Crippen LogP contribution < -0.4 is 0 Å². The normalized spacial score (nSPS) is 12.3. The Labute approximate surface area is 118 Å². The highest BCUT2D eigenvalue weighted by Crippen LogP contribution is 2.34. The molecule has 1 aromatic carbocycles. The highest BCUT2D eigenvalue weighted by atomic mass is 35.5. The van der Waals surface area contributed by atoms with Gasteiger partial charge in [-0.1, -0.05) is 29.8 Å². The van der Waals surface area contributed by atoms with Gasteiger partial charge in [0.1, 0.15) is 0 Å². The molecule has 0 fully saturated rings. The molecular formula is C12H9Cl2NO2S. The summed E-state index contributed by atoms with van der Waals surface area (Å²) in [5, 5.41) is 10.6. The molecule has 94 valence electrons. The second-order valence-corrected chi connectivity index (χ2v) is 5.97. The maximum Gasteiger partial charge on any atom is 0.272 e. The van der Waals surface area contributed by atoms with Crippen molar-refractivity contribution >= 4 is 40.2 Å². The maximum atomic E-state index is 10.9. The molecule has 0 aliphatic rings. The molecule has 0 saturated carbocycles. The van der Waals surface area contributed by atoms with Crippen molar-refractivity contribution in [1.82, 2.24) is 0 Å². The third kappa shape index (κ3) is 3.02. The quantitative estimate of drug-likeness (QED) is 0.461. The molecule has 3 nitrogen and oxygen atoms in total. The highest BCUT2D eigenvalue weighted by molar-refractivity contribution is 7.16. The minimum absolute atomic E-state index is 0.103. The van der Waals surface area contributed by atoms with E-state index in [0.717, 1.165) is 4.88 Å². The van der Waals surface area contributed by atoms with Crippen molar-refractivity contribution in [3.8, 4) is 0 Å². The van der Waals surface area contributed by atoms with E-state index in [2.05, 4.69) is 0 Å². The Balaban J connectivity index is 2.21. The Morgan fingerprint density at radius 1 is 1.28 bits per heavy atom. The van der Waals surface area contributed by atoms with Crippen molar-refractivity contribution < 1.29 is 4.92 Å². The lowest BCUT2D eigenvalue weighted by Gasteiger charge is -2.07. The molecule has 18 heavy (non-hydrogen) atoms. The number of benzene rings is 1. The third-order valence-corrected chi connectivity index (χ3v) is 4.35. The van der Waals surface area contributed by atoms with Gasteiger partial charge in [0.25, 0.3) is 5.69 Å². The first-order chi connectivity index (χ1) is 8.58. The second-order valence-electron chi connectivity index (χ2n) is 3.70. The van der Waals surface area contributed by atoms with Crippen molar-refractivity contribution in [1.29, 1.82) is 0 Å². The minimum Gasteiger partial charge on any atom is -0.258 e.